The summed E-state index contributed by atoms with van der Waals surface area (Å²) in [5, 5.41) is 10.9. The Morgan fingerprint density at radius 1 is 0.836 bits per heavy atom. The van der Waals surface area contributed by atoms with Gasteiger partial charge in [0, 0.05) is 16.5 Å². The topological polar surface area (TPSA) is 125 Å². The summed E-state index contributed by atoms with van der Waals surface area (Å²) in [4.78, 5) is 59.7. The number of imide groups is 2. The first-order valence-electron chi connectivity index (χ1n) is 18.9. The number of fused-ring (bicyclic) bond motifs is 4. The second-order valence-electron chi connectivity index (χ2n) is 15.1. The lowest BCUT2D eigenvalue weighted by molar-refractivity contribution is -0.143. The van der Waals surface area contributed by atoms with E-state index in [2.05, 4.69) is 5.43 Å². The number of allylic oxidation sites excluding steroid dienone is 2. The van der Waals surface area contributed by atoms with Crippen molar-refractivity contribution in [2.45, 2.75) is 36.5 Å². The highest BCUT2D eigenvalue weighted by Gasteiger charge is 2.71. The number of hydrazine groups is 1. The van der Waals surface area contributed by atoms with Crippen molar-refractivity contribution in [3.05, 3.63) is 129 Å². The lowest BCUT2D eigenvalue weighted by Gasteiger charge is -2.50. The fraction of sp³-hybridized carbons (Fsp3) is 0.302. The van der Waals surface area contributed by atoms with E-state index in [-0.39, 0.29) is 47.0 Å². The average molecular weight is 889 g/mol. The number of aliphatic hydroxyl groups is 1. The van der Waals surface area contributed by atoms with E-state index in [1.807, 2.05) is 0 Å². The molecule has 4 aromatic rings. The number of amides is 4. The van der Waals surface area contributed by atoms with E-state index in [4.69, 9.17) is 32.7 Å². The molecule has 2 aliphatic carbocycles. The molecule has 4 aromatic carbocycles. The van der Waals surface area contributed by atoms with Gasteiger partial charge in [-0.3, -0.25) is 24.6 Å². The molecule has 10 nitrogen and oxygen atoms in total. The van der Waals surface area contributed by atoms with Gasteiger partial charge in [-0.2, -0.15) is 31.4 Å². The number of halogens is 8. The van der Waals surface area contributed by atoms with E-state index in [9.17, 15) is 41.0 Å². The van der Waals surface area contributed by atoms with Gasteiger partial charge in [-0.25, -0.2) is 4.90 Å². The number of carbonyl (C=O) groups is 4. The van der Waals surface area contributed by atoms with Crippen LogP contribution in [0.4, 0.5) is 37.7 Å². The number of carbonyl (C=O) groups excluding carboxylic acids is 4. The molecule has 0 unspecified atom stereocenters. The average Bonchev–Trinajstić information content (AvgIpc) is 3.60. The molecule has 1 saturated carbocycles. The van der Waals surface area contributed by atoms with Crippen LogP contribution < -0.4 is 19.8 Å². The largest absolute Gasteiger partial charge is 0.497 e. The molecule has 2 saturated heterocycles. The number of alkyl halides is 6. The number of nitrogens with zero attached hydrogens (tertiary/aromatic N) is 2. The Morgan fingerprint density at radius 3 is 2.13 bits per heavy atom. The van der Waals surface area contributed by atoms with Crippen LogP contribution in [0.15, 0.2) is 96.6 Å². The highest BCUT2D eigenvalue weighted by Crippen LogP contribution is 2.65. The number of para-hydroxylation sites is 1. The summed E-state index contributed by atoms with van der Waals surface area (Å²) < 4.78 is 95.4. The van der Waals surface area contributed by atoms with E-state index in [1.54, 1.807) is 54.6 Å². The number of ether oxygens (including phenoxy) is 2. The first-order chi connectivity index (χ1) is 28.9. The van der Waals surface area contributed by atoms with Crippen molar-refractivity contribution in [2.75, 3.05) is 30.6 Å². The zero-order chi connectivity index (χ0) is 43.8. The maximum atomic E-state index is 15.5. The highest BCUT2D eigenvalue weighted by atomic mass is 35.5. The first-order valence-corrected chi connectivity index (χ1v) is 19.6. The van der Waals surface area contributed by atoms with E-state index in [1.165, 1.54) is 25.3 Å². The zero-order valence-corrected chi connectivity index (χ0v) is 33.2. The summed E-state index contributed by atoms with van der Waals surface area (Å²) in [6.07, 6.45) is -9.31. The molecule has 2 aliphatic heterocycles. The van der Waals surface area contributed by atoms with Crippen molar-refractivity contribution in [3.8, 4) is 11.5 Å². The van der Waals surface area contributed by atoms with Gasteiger partial charge < -0.3 is 14.6 Å². The number of hydrogen-bond acceptors (Lipinski definition) is 8. The molecule has 318 valence electrons. The molecule has 18 heteroatoms. The molecule has 4 aliphatic rings. The second kappa shape index (κ2) is 15.4. The number of hydrogen-bond donors (Lipinski definition) is 2. The van der Waals surface area contributed by atoms with Gasteiger partial charge >= 0.3 is 12.4 Å². The molecule has 2 N–H and O–H groups in total. The number of nitrogens with one attached hydrogen (secondary N) is 1. The fourth-order valence-electron chi connectivity index (χ4n) is 9.52. The number of benzene rings is 4. The van der Waals surface area contributed by atoms with Crippen LogP contribution in [-0.4, -0.2) is 54.1 Å². The van der Waals surface area contributed by atoms with Crippen molar-refractivity contribution in [2.24, 2.45) is 23.7 Å². The summed E-state index contributed by atoms with van der Waals surface area (Å²) in [5.41, 5.74) is -2.02. The van der Waals surface area contributed by atoms with E-state index in [0.29, 0.717) is 39.5 Å². The smallest absolute Gasteiger partial charge is 0.416 e. The molecular formula is C43H33Cl2F6N3O7. The van der Waals surface area contributed by atoms with E-state index in [0.717, 1.165) is 5.01 Å². The summed E-state index contributed by atoms with van der Waals surface area (Å²) >= 11 is 12.6. The molecule has 2 heterocycles. The molecule has 3 fully saturated rings. The predicted molar refractivity (Wildman–Crippen MR) is 209 cm³/mol. The minimum atomic E-state index is -5.26. The van der Waals surface area contributed by atoms with Crippen LogP contribution in [0.2, 0.25) is 10.0 Å². The van der Waals surface area contributed by atoms with E-state index >= 15 is 9.59 Å². The maximum Gasteiger partial charge on any atom is 0.416 e. The van der Waals surface area contributed by atoms with Crippen LogP contribution in [-0.2, 0) is 36.9 Å². The third-order valence-corrected chi connectivity index (χ3v) is 12.5. The van der Waals surface area contributed by atoms with Gasteiger partial charge in [0.2, 0.25) is 11.8 Å². The molecule has 6 atom stereocenters. The first kappa shape index (κ1) is 42.1. The predicted octanol–water partition coefficient (Wildman–Crippen LogP) is 8.60. The van der Waals surface area contributed by atoms with Gasteiger partial charge in [0.15, 0.2) is 0 Å². The minimum Gasteiger partial charge on any atom is -0.497 e. The van der Waals surface area contributed by atoms with Crippen LogP contribution in [0.3, 0.4) is 0 Å². The molecule has 0 radical (unpaired) electrons. The summed E-state index contributed by atoms with van der Waals surface area (Å²) in [5.74, 6) is -9.04. The summed E-state index contributed by atoms with van der Waals surface area (Å²) in [7, 11) is 1.44. The van der Waals surface area contributed by atoms with Crippen LogP contribution in [0.5, 0.6) is 11.5 Å². The van der Waals surface area contributed by atoms with Gasteiger partial charge in [0.25, 0.3) is 11.8 Å². The minimum absolute atomic E-state index is 0.0680. The fourth-order valence-corrected chi connectivity index (χ4v) is 9.97. The standard InChI is InChI=1S/C43H33Cl2F6N3O7/c1-60-26-9-6-21(7-10-26)41-31(38(57)54(40(41)59)52-33-13-8-24(44)19-32(33)45)20-30-27(36(41)28-4-2-3-5-34(28)61-15-14-55)11-12-29-35(30)39(58)53(37(29)56)25-17-22(42(46,47)48)16-23(18-25)43(49,50)51/h2-11,13,16-19,29-31,35-36,52,55H,12,14-15,20H2,1H3/t29-,30+,31-,35-,36+,41+/m0/s1. The molecule has 8 rings (SSSR count). The zero-order valence-electron chi connectivity index (χ0n) is 31.7. The van der Waals surface area contributed by atoms with Gasteiger partial charge in [-0.1, -0.05) is 65.2 Å². The molecule has 0 aromatic heterocycles. The normalized spacial score (nSPS) is 25.0. The van der Waals surface area contributed by atoms with Crippen molar-refractivity contribution < 1.29 is 60.1 Å². The van der Waals surface area contributed by atoms with Gasteiger partial charge in [0.1, 0.15) is 18.1 Å². The van der Waals surface area contributed by atoms with Gasteiger partial charge in [-0.05, 0) is 78.9 Å². The van der Waals surface area contributed by atoms with Crippen molar-refractivity contribution in [3.63, 3.8) is 0 Å². The SMILES string of the molecule is COc1ccc([C@@]23C(=O)N(Nc4ccc(Cl)cc4Cl)C(=O)[C@@H]2C[C@@H]2C(=CC[C@@H]4C(=O)N(c5cc(C(F)(F)F)cc(C(F)(F)F)c5)C(=O)[C@@H]42)[C@@H]3c2ccccc2OCCO)cc1. The third-order valence-electron chi connectivity index (χ3n) is 12.0. The molecule has 4 amide bonds. The monoisotopic (exact) mass is 887 g/mol. The highest BCUT2D eigenvalue weighted by molar-refractivity contribution is 6.36. The Hall–Kier alpha value is -5.58. The quantitative estimate of drug-likeness (QED) is 0.0974. The number of aliphatic hydroxyl groups excluding tert-OH is 1. The Kier molecular flexibility index (Phi) is 10.6. The number of rotatable bonds is 9. The molecule has 0 bridgehead atoms. The Balaban J connectivity index is 1.33. The number of methoxy groups -OCH3 is 1. The van der Waals surface area contributed by atoms with Crippen molar-refractivity contribution in [1.29, 1.82) is 0 Å². The third kappa shape index (κ3) is 6.88. The van der Waals surface area contributed by atoms with E-state index < -0.39 is 94.4 Å². The summed E-state index contributed by atoms with van der Waals surface area (Å²) in [6, 6.07) is 18.0. The maximum absolute atomic E-state index is 15.5. The summed E-state index contributed by atoms with van der Waals surface area (Å²) in [6.45, 7) is -0.570. The lowest BCUT2D eigenvalue weighted by Crippen LogP contribution is -2.53. The Labute approximate surface area is 353 Å². The van der Waals surface area contributed by atoms with Crippen LogP contribution in [0, 0.1) is 23.7 Å². The lowest BCUT2D eigenvalue weighted by atomic mass is 9.49. The van der Waals surface area contributed by atoms with Gasteiger partial charge in [0.05, 0.1) is 64.4 Å². The van der Waals surface area contributed by atoms with Crippen molar-refractivity contribution >= 4 is 58.2 Å². The van der Waals surface area contributed by atoms with Crippen LogP contribution in [0.1, 0.15) is 41.0 Å². The molecule has 0 spiro atoms. The Morgan fingerprint density at radius 2 is 1.51 bits per heavy atom. The molecule has 61 heavy (non-hydrogen) atoms. The Bertz CT molecular complexity index is 2460. The van der Waals surface area contributed by atoms with Crippen LogP contribution in [0.25, 0.3) is 0 Å². The van der Waals surface area contributed by atoms with Crippen molar-refractivity contribution in [1.82, 2.24) is 5.01 Å². The molecular weight excluding hydrogens is 855 g/mol. The van der Waals surface area contributed by atoms with Gasteiger partial charge in [-0.15, -0.1) is 0 Å². The van der Waals surface area contributed by atoms with Crippen LogP contribution >= 0.6 is 23.2 Å². The second-order valence-corrected chi connectivity index (χ2v) is 15.9. The number of anilines is 2.